The number of rotatable bonds is 4. The fraction of sp³-hybridized carbons (Fsp3) is 0.455. The summed E-state index contributed by atoms with van der Waals surface area (Å²) in [5.41, 5.74) is 1.18. The van der Waals surface area contributed by atoms with Gasteiger partial charge < -0.3 is 0 Å². The Morgan fingerprint density at radius 3 is 2.77 bits per heavy atom. The molecule has 1 aromatic carbocycles. The quantitative estimate of drug-likeness (QED) is 0.723. The van der Waals surface area contributed by atoms with Crippen molar-refractivity contribution in [2.75, 3.05) is 5.75 Å². The summed E-state index contributed by atoms with van der Waals surface area (Å²) in [4.78, 5) is 0.966. The third kappa shape index (κ3) is 3.31. The Morgan fingerprint density at radius 2 is 2.15 bits per heavy atom. The van der Waals surface area contributed by atoms with Crippen molar-refractivity contribution < 1.29 is 4.21 Å². The first-order valence-corrected chi connectivity index (χ1v) is 6.01. The maximum atomic E-state index is 11.7. The maximum absolute atomic E-state index is 11.7. The Hall–Kier alpha value is -0.630. The monoisotopic (exact) mass is 196 g/mol. The predicted octanol–water partition coefficient (Wildman–Crippen LogP) is 2.90. The molecule has 1 rings (SSSR count). The SMILES string of the molecule is CCCC[S@@](=O)c1cccc(C)c1. The molecule has 0 saturated carbocycles. The number of benzene rings is 1. The van der Waals surface area contributed by atoms with Crippen LogP contribution in [0.2, 0.25) is 0 Å². The third-order valence-corrected chi connectivity index (χ3v) is 3.37. The van der Waals surface area contributed by atoms with Gasteiger partial charge in [-0.05, 0) is 31.0 Å². The van der Waals surface area contributed by atoms with Crippen LogP contribution in [0.3, 0.4) is 0 Å². The van der Waals surface area contributed by atoms with Crippen LogP contribution >= 0.6 is 0 Å². The smallest absolute Gasteiger partial charge is 0.0529 e. The molecule has 0 bridgehead atoms. The van der Waals surface area contributed by atoms with E-state index in [1.54, 1.807) is 0 Å². The minimum Gasteiger partial charge on any atom is -0.254 e. The highest BCUT2D eigenvalue weighted by molar-refractivity contribution is 7.85. The Morgan fingerprint density at radius 1 is 1.38 bits per heavy atom. The topological polar surface area (TPSA) is 17.1 Å². The fourth-order valence-electron chi connectivity index (χ4n) is 1.15. The van der Waals surface area contributed by atoms with Crippen molar-refractivity contribution in [3.8, 4) is 0 Å². The van der Waals surface area contributed by atoms with Gasteiger partial charge in [0.25, 0.3) is 0 Å². The van der Waals surface area contributed by atoms with E-state index in [0.717, 1.165) is 23.5 Å². The molecule has 0 heterocycles. The summed E-state index contributed by atoms with van der Waals surface area (Å²) in [6.07, 6.45) is 2.15. The molecule has 1 atom stereocenters. The van der Waals surface area contributed by atoms with E-state index in [-0.39, 0.29) is 0 Å². The number of aryl methyl sites for hydroxylation is 1. The number of hydrogen-bond acceptors (Lipinski definition) is 1. The molecule has 0 N–H and O–H groups in total. The van der Waals surface area contributed by atoms with Crippen molar-refractivity contribution >= 4 is 10.8 Å². The van der Waals surface area contributed by atoms with Crippen LogP contribution in [0.1, 0.15) is 25.3 Å². The molecule has 13 heavy (non-hydrogen) atoms. The Balaban J connectivity index is 2.66. The van der Waals surface area contributed by atoms with Crippen molar-refractivity contribution in [2.45, 2.75) is 31.6 Å². The van der Waals surface area contributed by atoms with Gasteiger partial charge in [-0.1, -0.05) is 25.5 Å². The molecule has 0 unspecified atom stereocenters. The summed E-state index contributed by atoms with van der Waals surface area (Å²) in [5, 5.41) is 0. The van der Waals surface area contributed by atoms with Crippen LogP contribution in [-0.2, 0) is 10.8 Å². The van der Waals surface area contributed by atoms with Crippen LogP contribution in [0.15, 0.2) is 29.2 Å². The van der Waals surface area contributed by atoms with E-state index in [2.05, 4.69) is 6.92 Å². The van der Waals surface area contributed by atoms with Crippen LogP contribution < -0.4 is 0 Å². The van der Waals surface area contributed by atoms with Crippen molar-refractivity contribution in [2.24, 2.45) is 0 Å². The maximum Gasteiger partial charge on any atom is 0.0529 e. The van der Waals surface area contributed by atoms with Crippen LogP contribution in [-0.4, -0.2) is 9.96 Å². The molecule has 0 saturated heterocycles. The average Bonchev–Trinajstić information content (AvgIpc) is 2.14. The van der Waals surface area contributed by atoms with Crippen molar-refractivity contribution in [3.05, 3.63) is 29.8 Å². The van der Waals surface area contributed by atoms with Gasteiger partial charge >= 0.3 is 0 Å². The molecule has 1 nitrogen and oxygen atoms in total. The Bertz CT molecular complexity index is 294. The van der Waals surface area contributed by atoms with Gasteiger partial charge in [0.15, 0.2) is 0 Å². The zero-order valence-corrected chi connectivity index (χ0v) is 9.06. The average molecular weight is 196 g/mol. The molecular weight excluding hydrogens is 180 g/mol. The first-order chi connectivity index (χ1) is 6.24. The summed E-state index contributed by atoms with van der Waals surface area (Å²) in [7, 11) is -0.794. The van der Waals surface area contributed by atoms with Gasteiger partial charge in [0.1, 0.15) is 0 Å². The second kappa shape index (κ2) is 5.18. The van der Waals surface area contributed by atoms with Crippen molar-refractivity contribution in [1.29, 1.82) is 0 Å². The molecular formula is C11H16OS. The fourth-order valence-corrected chi connectivity index (χ4v) is 2.48. The zero-order chi connectivity index (χ0) is 9.68. The van der Waals surface area contributed by atoms with E-state index in [1.165, 1.54) is 5.56 Å². The summed E-state index contributed by atoms with van der Waals surface area (Å²) < 4.78 is 11.7. The first kappa shape index (κ1) is 10.5. The first-order valence-electron chi connectivity index (χ1n) is 4.69. The van der Waals surface area contributed by atoms with Gasteiger partial charge in [-0.2, -0.15) is 0 Å². The van der Waals surface area contributed by atoms with Crippen LogP contribution in [0.4, 0.5) is 0 Å². The van der Waals surface area contributed by atoms with Crippen LogP contribution in [0.5, 0.6) is 0 Å². The lowest BCUT2D eigenvalue weighted by Gasteiger charge is -2.01. The van der Waals surface area contributed by atoms with Gasteiger partial charge in [-0.15, -0.1) is 0 Å². The number of hydrogen-bond donors (Lipinski definition) is 0. The summed E-state index contributed by atoms with van der Waals surface area (Å²) in [5.74, 6) is 0.792. The Kier molecular flexibility index (Phi) is 4.16. The number of unbranched alkanes of at least 4 members (excludes halogenated alkanes) is 1. The molecule has 0 amide bonds. The largest absolute Gasteiger partial charge is 0.254 e. The van der Waals surface area contributed by atoms with Crippen molar-refractivity contribution in [1.82, 2.24) is 0 Å². The lowest BCUT2D eigenvalue weighted by atomic mass is 10.2. The molecule has 72 valence electrons. The predicted molar refractivity (Wildman–Crippen MR) is 57.4 cm³/mol. The molecule has 1 aromatic rings. The summed E-state index contributed by atoms with van der Waals surface area (Å²) in [6, 6.07) is 7.94. The molecule has 0 fully saturated rings. The van der Waals surface area contributed by atoms with E-state index < -0.39 is 10.8 Å². The standard InChI is InChI=1S/C11H16OS/c1-3-4-8-13(12)11-7-5-6-10(2)9-11/h5-7,9H,3-4,8H2,1-2H3/t13-/m1/s1. The molecule has 0 aliphatic heterocycles. The van der Waals surface area contributed by atoms with Gasteiger partial charge in [0, 0.05) is 10.6 Å². The lowest BCUT2D eigenvalue weighted by Crippen LogP contribution is -1.97. The Labute approximate surface area is 82.6 Å². The second-order valence-corrected chi connectivity index (χ2v) is 4.79. The lowest BCUT2D eigenvalue weighted by molar-refractivity contribution is 0.679. The highest BCUT2D eigenvalue weighted by Crippen LogP contribution is 2.10. The minimum atomic E-state index is -0.794. The van der Waals surface area contributed by atoms with Crippen molar-refractivity contribution in [3.63, 3.8) is 0 Å². The van der Waals surface area contributed by atoms with Gasteiger partial charge in [0.2, 0.25) is 0 Å². The molecule has 0 aliphatic rings. The molecule has 0 radical (unpaired) electrons. The second-order valence-electron chi connectivity index (χ2n) is 3.22. The third-order valence-electron chi connectivity index (χ3n) is 1.94. The van der Waals surface area contributed by atoms with E-state index in [1.807, 2.05) is 31.2 Å². The van der Waals surface area contributed by atoms with E-state index in [0.29, 0.717) is 0 Å². The highest BCUT2D eigenvalue weighted by atomic mass is 32.2. The van der Waals surface area contributed by atoms with E-state index >= 15 is 0 Å². The molecule has 0 aliphatic carbocycles. The normalized spacial score (nSPS) is 12.8. The molecule has 0 spiro atoms. The summed E-state index contributed by atoms with van der Waals surface area (Å²) in [6.45, 7) is 4.15. The van der Waals surface area contributed by atoms with Crippen LogP contribution in [0, 0.1) is 6.92 Å². The highest BCUT2D eigenvalue weighted by Gasteiger charge is 2.01. The van der Waals surface area contributed by atoms with E-state index in [9.17, 15) is 4.21 Å². The minimum absolute atomic E-state index is 0.792. The molecule has 0 aromatic heterocycles. The van der Waals surface area contributed by atoms with Gasteiger partial charge in [-0.25, -0.2) is 0 Å². The van der Waals surface area contributed by atoms with E-state index in [4.69, 9.17) is 0 Å². The van der Waals surface area contributed by atoms with Gasteiger partial charge in [0.05, 0.1) is 10.8 Å². The van der Waals surface area contributed by atoms with Crippen LogP contribution in [0.25, 0.3) is 0 Å². The van der Waals surface area contributed by atoms with Gasteiger partial charge in [-0.3, -0.25) is 4.21 Å². The molecule has 2 heteroatoms. The summed E-state index contributed by atoms with van der Waals surface area (Å²) >= 11 is 0. The zero-order valence-electron chi connectivity index (χ0n) is 8.25.